The lowest BCUT2D eigenvalue weighted by atomic mass is 10.1. The van der Waals surface area contributed by atoms with Crippen molar-refractivity contribution in [2.45, 2.75) is 39.2 Å². The summed E-state index contributed by atoms with van der Waals surface area (Å²) < 4.78 is 0. The lowest BCUT2D eigenvalue weighted by Gasteiger charge is -2.16. The maximum absolute atomic E-state index is 12.3. The molecule has 2 heterocycles. The lowest BCUT2D eigenvalue weighted by Crippen LogP contribution is -2.35. The summed E-state index contributed by atoms with van der Waals surface area (Å²) in [6.45, 7) is 6.28. The first-order valence-corrected chi connectivity index (χ1v) is 6.48. The van der Waals surface area contributed by atoms with E-state index in [2.05, 4.69) is 9.97 Å². The van der Waals surface area contributed by atoms with Gasteiger partial charge in [-0.3, -0.25) is 9.59 Å². The molecule has 0 saturated carbocycles. The van der Waals surface area contributed by atoms with Gasteiger partial charge in [-0.15, -0.1) is 0 Å². The van der Waals surface area contributed by atoms with Crippen molar-refractivity contribution in [3.63, 3.8) is 0 Å². The smallest absolute Gasteiger partial charge is 0.264 e. The summed E-state index contributed by atoms with van der Waals surface area (Å²) in [5, 5.41) is 9.46. The fourth-order valence-corrected chi connectivity index (χ4v) is 2.22. The number of carbonyl (C=O) groups excluding carboxylic acids is 1. The monoisotopic (exact) mass is 265 g/mol. The van der Waals surface area contributed by atoms with E-state index < -0.39 is 11.7 Å². The number of β-amino-alcohol motifs (C(OH)–C–C–N with tert-alkyl or cyclic N) is 1. The Morgan fingerprint density at radius 1 is 1.53 bits per heavy atom. The second kappa shape index (κ2) is 5.13. The van der Waals surface area contributed by atoms with Gasteiger partial charge in [0.25, 0.3) is 11.5 Å². The van der Waals surface area contributed by atoms with Crippen LogP contribution in [0.25, 0.3) is 0 Å². The number of hydrogen-bond donors (Lipinski definition) is 2. The number of nitrogens with one attached hydrogen (secondary N) is 1. The van der Waals surface area contributed by atoms with Crippen molar-refractivity contribution in [1.82, 2.24) is 14.9 Å². The number of amides is 1. The molecular weight excluding hydrogens is 246 g/mol. The molecule has 1 aromatic rings. The number of nitrogens with zero attached hydrogens (tertiary/aromatic N) is 2. The van der Waals surface area contributed by atoms with Gasteiger partial charge in [0.15, 0.2) is 0 Å². The van der Waals surface area contributed by atoms with Crippen LogP contribution in [0.4, 0.5) is 0 Å². The summed E-state index contributed by atoms with van der Waals surface area (Å²) >= 11 is 0. The third kappa shape index (κ3) is 2.68. The number of hydrogen-bond acceptors (Lipinski definition) is 4. The normalized spacial score (nSPS) is 19.2. The molecule has 104 valence electrons. The molecule has 0 bridgehead atoms. The largest absolute Gasteiger partial charge is 0.391 e. The number of aryl methyl sites for hydroxylation is 1. The number of aromatic amines is 1. The molecule has 1 aliphatic rings. The molecule has 6 nitrogen and oxygen atoms in total. The van der Waals surface area contributed by atoms with Gasteiger partial charge in [0.05, 0.1) is 11.8 Å². The minimum Gasteiger partial charge on any atom is -0.391 e. The second-order valence-corrected chi connectivity index (χ2v) is 5.26. The van der Waals surface area contributed by atoms with Crippen molar-refractivity contribution >= 4 is 5.91 Å². The zero-order chi connectivity index (χ0) is 14.2. The van der Waals surface area contributed by atoms with Gasteiger partial charge in [-0.1, -0.05) is 13.8 Å². The summed E-state index contributed by atoms with van der Waals surface area (Å²) in [6.07, 6.45) is 0.0615. The van der Waals surface area contributed by atoms with E-state index in [1.54, 1.807) is 6.92 Å². The van der Waals surface area contributed by atoms with Crippen molar-refractivity contribution < 1.29 is 9.90 Å². The standard InChI is InChI=1S/C13H19N3O3/c1-7(2)11-14-8(3)10(12(18)15-11)13(19)16-5-4-9(17)6-16/h7,9,17H,4-6H2,1-3H3,(H,14,15,18)/t9-/m1/s1. The molecule has 0 radical (unpaired) electrons. The molecular formula is C13H19N3O3. The highest BCUT2D eigenvalue weighted by molar-refractivity contribution is 5.95. The van der Waals surface area contributed by atoms with Crippen LogP contribution in [-0.2, 0) is 0 Å². The predicted molar refractivity (Wildman–Crippen MR) is 70.2 cm³/mol. The Kier molecular flexibility index (Phi) is 3.71. The van der Waals surface area contributed by atoms with Crippen LogP contribution in [0.1, 0.15) is 48.1 Å². The van der Waals surface area contributed by atoms with E-state index >= 15 is 0 Å². The van der Waals surface area contributed by atoms with Crippen LogP contribution in [-0.4, -0.2) is 45.1 Å². The molecule has 0 aliphatic carbocycles. The number of aromatic nitrogens is 2. The highest BCUT2D eigenvalue weighted by Gasteiger charge is 2.28. The van der Waals surface area contributed by atoms with Crippen molar-refractivity contribution in [2.24, 2.45) is 0 Å². The van der Waals surface area contributed by atoms with Crippen molar-refractivity contribution in [2.75, 3.05) is 13.1 Å². The van der Waals surface area contributed by atoms with Crippen LogP contribution >= 0.6 is 0 Å². The van der Waals surface area contributed by atoms with Crippen molar-refractivity contribution in [3.8, 4) is 0 Å². The van der Waals surface area contributed by atoms with Gasteiger partial charge in [-0.2, -0.15) is 0 Å². The van der Waals surface area contributed by atoms with Crippen molar-refractivity contribution in [1.29, 1.82) is 0 Å². The molecule has 19 heavy (non-hydrogen) atoms. The first-order valence-electron chi connectivity index (χ1n) is 6.48. The summed E-state index contributed by atoms with van der Waals surface area (Å²) in [5.74, 6) is 0.336. The fraction of sp³-hybridized carbons (Fsp3) is 0.615. The van der Waals surface area contributed by atoms with E-state index in [1.807, 2.05) is 13.8 Å². The van der Waals surface area contributed by atoms with Crippen LogP contribution in [0.3, 0.4) is 0 Å². The summed E-state index contributed by atoms with van der Waals surface area (Å²) in [7, 11) is 0. The zero-order valence-corrected chi connectivity index (χ0v) is 11.4. The molecule has 1 aliphatic heterocycles. The Morgan fingerprint density at radius 3 is 2.68 bits per heavy atom. The van der Waals surface area contributed by atoms with E-state index in [0.717, 1.165) is 0 Å². The number of likely N-dealkylation sites (tertiary alicyclic amines) is 1. The van der Waals surface area contributed by atoms with E-state index in [4.69, 9.17) is 0 Å². The second-order valence-electron chi connectivity index (χ2n) is 5.26. The maximum atomic E-state index is 12.3. The minimum atomic E-state index is -0.494. The molecule has 1 fully saturated rings. The average Bonchev–Trinajstić information content (AvgIpc) is 2.74. The van der Waals surface area contributed by atoms with E-state index in [-0.39, 0.29) is 23.9 Å². The maximum Gasteiger partial charge on any atom is 0.264 e. The van der Waals surface area contributed by atoms with E-state index in [9.17, 15) is 14.7 Å². The number of rotatable bonds is 2. The van der Waals surface area contributed by atoms with Crippen LogP contribution in [0.5, 0.6) is 0 Å². The highest BCUT2D eigenvalue weighted by atomic mass is 16.3. The summed E-state index contributed by atoms with van der Waals surface area (Å²) in [4.78, 5) is 32.7. The molecule has 1 atom stereocenters. The molecule has 2 N–H and O–H groups in total. The van der Waals surface area contributed by atoms with E-state index in [0.29, 0.717) is 24.5 Å². The number of H-pyrrole nitrogens is 1. The Balaban J connectivity index is 2.35. The van der Waals surface area contributed by atoms with Gasteiger partial charge < -0.3 is 15.0 Å². The Labute approximate surface area is 111 Å². The third-order valence-electron chi connectivity index (χ3n) is 3.33. The van der Waals surface area contributed by atoms with Gasteiger partial charge in [0.2, 0.25) is 0 Å². The Bertz CT molecular complexity index is 551. The highest BCUT2D eigenvalue weighted by Crippen LogP contribution is 2.14. The average molecular weight is 265 g/mol. The zero-order valence-electron chi connectivity index (χ0n) is 11.4. The van der Waals surface area contributed by atoms with Crippen LogP contribution < -0.4 is 5.56 Å². The van der Waals surface area contributed by atoms with Gasteiger partial charge in [-0.05, 0) is 13.3 Å². The number of aliphatic hydroxyl groups excluding tert-OH is 1. The quantitative estimate of drug-likeness (QED) is 0.811. The molecule has 1 saturated heterocycles. The molecule has 1 amide bonds. The molecule has 2 rings (SSSR count). The van der Waals surface area contributed by atoms with Crippen molar-refractivity contribution in [3.05, 3.63) is 27.4 Å². The topological polar surface area (TPSA) is 86.3 Å². The SMILES string of the molecule is Cc1nc(C(C)C)[nH]c(=O)c1C(=O)N1CC[C@@H](O)C1. The molecule has 0 unspecified atom stereocenters. The van der Waals surface area contributed by atoms with Gasteiger partial charge in [0.1, 0.15) is 11.4 Å². The molecule has 0 aromatic carbocycles. The third-order valence-corrected chi connectivity index (χ3v) is 3.33. The number of carbonyl (C=O) groups is 1. The Hall–Kier alpha value is -1.69. The Morgan fingerprint density at radius 2 is 2.21 bits per heavy atom. The van der Waals surface area contributed by atoms with Crippen LogP contribution in [0.15, 0.2) is 4.79 Å². The van der Waals surface area contributed by atoms with Crippen LogP contribution in [0, 0.1) is 6.92 Å². The minimum absolute atomic E-state index is 0.0819. The lowest BCUT2D eigenvalue weighted by molar-refractivity contribution is 0.0761. The fourth-order valence-electron chi connectivity index (χ4n) is 2.22. The van der Waals surface area contributed by atoms with E-state index in [1.165, 1.54) is 4.90 Å². The summed E-state index contributed by atoms with van der Waals surface area (Å²) in [6, 6.07) is 0. The molecule has 1 aromatic heterocycles. The van der Waals surface area contributed by atoms with Gasteiger partial charge in [-0.25, -0.2) is 4.98 Å². The first-order chi connectivity index (χ1) is 8.90. The van der Waals surface area contributed by atoms with Gasteiger partial charge in [0, 0.05) is 19.0 Å². The molecule has 0 spiro atoms. The predicted octanol–water partition coefficient (Wildman–Crippen LogP) is 0.409. The van der Waals surface area contributed by atoms with Gasteiger partial charge >= 0.3 is 0 Å². The first kappa shape index (κ1) is 13.7. The number of aliphatic hydroxyl groups is 1. The summed E-state index contributed by atoms with van der Waals surface area (Å²) in [5.41, 5.74) is 0.125. The van der Waals surface area contributed by atoms with Crippen LogP contribution in [0.2, 0.25) is 0 Å². The molecule has 6 heteroatoms.